The molecule has 1 heterocycles. The molecule has 0 atom stereocenters. The van der Waals surface area contributed by atoms with Crippen LogP contribution in [0.3, 0.4) is 0 Å². The average molecular weight is 206 g/mol. The van der Waals surface area contributed by atoms with Gasteiger partial charge in [0.15, 0.2) is 0 Å². The molecule has 0 aliphatic rings. The lowest BCUT2D eigenvalue weighted by Crippen LogP contribution is -1.87. The third kappa shape index (κ3) is 1.60. The molecule has 1 aromatic carbocycles. The van der Waals surface area contributed by atoms with Crippen molar-refractivity contribution in [1.29, 1.82) is 0 Å². The molecule has 0 aliphatic heterocycles. The molecule has 0 spiro atoms. The molecule has 0 fully saturated rings. The van der Waals surface area contributed by atoms with Crippen LogP contribution in [0.4, 0.5) is 0 Å². The van der Waals surface area contributed by atoms with E-state index in [2.05, 4.69) is 24.0 Å². The minimum absolute atomic E-state index is 0.794. The molecule has 1 aromatic heterocycles. The summed E-state index contributed by atoms with van der Waals surface area (Å²) in [5, 5.41) is 1.85. The number of nitrogens with zero attached hydrogens (tertiary/aromatic N) is 1. The van der Waals surface area contributed by atoms with Crippen LogP contribution >= 0.6 is 11.6 Å². The second-order valence-corrected chi connectivity index (χ2v) is 3.86. The Labute approximate surface area is 88.7 Å². The Morgan fingerprint density at radius 3 is 2.79 bits per heavy atom. The van der Waals surface area contributed by atoms with Gasteiger partial charge in [-0.2, -0.15) is 0 Å². The van der Waals surface area contributed by atoms with Gasteiger partial charge in [-0.25, -0.2) is 0 Å². The highest BCUT2D eigenvalue weighted by atomic mass is 35.5. The predicted molar refractivity (Wildman–Crippen MR) is 60.9 cm³/mol. The van der Waals surface area contributed by atoms with E-state index in [0.29, 0.717) is 0 Å². The van der Waals surface area contributed by atoms with E-state index in [9.17, 15) is 0 Å². The molecule has 0 aliphatic carbocycles. The van der Waals surface area contributed by atoms with Crippen molar-refractivity contribution in [3.63, 3.8) is 0 Å². The number of aryl methyl sites for hydroxylation is 2. The number of halogens is 1. The van der Waals surface area contributed by atoms with E-state index in [1.165, 1.54) is 5.56 Å². The summed E-state index contributed by atoms with van der Waals surface area (Å²) >= 11 is 6.15. The maximum atomic E-state index is 6.15. The van der Waals surface area contributed by atoms with E-state index in [0.717, 1.165) is 28.0 Å². The second kappa shape index (κ2) is 3.58. The van der Waals surface area contributed by atoms with Crippen molar-refractivity contribution < 1.29 is 0 Å². The number of aromatic nitrogens is 1. The van der Waals surface area contributed by atoms with Crippen molar-refractivity contribution in [1.82, 2.24) is 4.98 Å². The molecular formula is C12H12ClN. The molecule has 72 valence electrons. The van der Waals surface area contributed by atoms with Gasteiger partial charge < -0.3 is 0 Å². The maximum Gasteiger partial charge on any atom is 0.0720 e. The zero-order valence-electron chi connectivity index (χ0n) is 8.34. The minimum Gasteiger partial charge on any atom is -0.253 e. The zero-order valence-corrected chi connectivity index (χ0v) is 9.10. The Balaban J connectivity index is 2.75. The van der Waals surface area contributed by atoms with E-state index in [4.69, 9.17) is 11.6 Å². The van der Waals surface area contributed by atoms with Crippen molar-refractivity contribution >= 4 is 22.5 Å². The lowest BCUT2D eigenvalue weighted by atomic mass is 10.1. The molecule has 0 saturated carbocycles. The molecular weight excluding hydrogens is 194 g/mol. The monoisotopic (exact) mass is 205 g/mol. The number of rotatable bonds is 1. The van der Waals surface area contributed by atoms with Crippen LogP contribution in [0.5, 0.6) is 0 Å². The van der Waals surface area contributed by atoms with Gasteiger partial charge in [0, 0.05) is 11.1 Å². The number of pyridine rings is 1. The fraction of sp³-hybridized carbons (Fsp3) is 0.250. The number of hydrogen-bond donors (Lipinski definition) is 0. The van der Waals surface area contributed by atoms with E-state index in [1.807, 2.05) is 19.1 Å². The van der Waals surface area contributed by atoms with Crippen LogP contribution < -0.4 is 0 Å². The van der Waals surface area contributed by atoms with Gasteiger partial charge in [0.25, 0.3) is 0 Å². The summed E-state index contributed by atoms with van der Waals surface area (Å²) in [6, 6.07) is 8.16. The smallest absolute Gasteiger partial charge is 0.0720 e. The molecule has 0 N–H and O–H groups in total. The summed E-state index contributed by atoms with van der Waals surface area (Å²) in [6.45, 7) is 4.09. The minimum atomic E-state index is 0.794. The van der Waals surface area contributed by atoms with Crippen LogP contribution in [-0.2, 0) is 6.42 Å². The molecule has 14 heavy (non-hydrogen) atoms. The van der Waals surface area contributed by atoms with Gasteiger partial charge >= 0.3 is 0 Å². The van der Waals surface area contributed by atoms with Crippen LogP contribution in [0.25, 0.3) is 10.9 Å². The predicted octanol–water partition coefficient (Wildman–Crippen LogP) is 3.76. The first kappa shape index (κ1) is 9.47. The summed E-state index contributed by atoms with van der Waals surface area (Å²) in [4.78, 5) is 4.43. The largest absolute Gasteiger partial charge is 0.253 e. The fourth-order valence-corrected chi connectivity index (χ4v) is 1.88. The summed E-state index contributed by atoms with van der Waals surface area (Å²) in [5.41, 5.74) is 3.24. The first-order valence-electron chi connectivity index (χ1n) is 4.76. The summed E-state index contributed by atoms with van der Waals surface area (Å²) in [5.74, 6) is 0. The first-order chi connectivity index (χ1) is 6.70. The molecule has 2 rings (SSSR count). The van der Waals surface area contributed by atoms with Crippen molar-refractivity contribution in [2.24, 2.45) is 0 Å². The van der Waals surface area contributed by atoms with E-state index < -0.39 is 0 Å². The molecule has 0 radical (unpaired) electrons. The molecule has 0 amide bonds. The maximum absolute atomic E-state index is 6.15. The lowest BCUT2D eigenvalue weighted by molar-refractivity contribution is 1.14. The third-order valence-corrected chi connectivity index (χ3v) is 2.67. The molecule has 0 saturated heterocycles. The highest BCUT2D eigenvalue weighted by molar-refractivity contribution is 6.35. The Morgan fingerprint density at radius 1 is 1.29 bits per heavy atom. The van der Waals surface area contributed by atoms with Gasteiger partial charge in [0.05, 0.1) is 10.5 Å². The number of hydrogen-bond acceptors (Lipinski definition) is 1. The first-order valence-corrected chi connectivity index (χ1v) is 5.14. The molecule has 0 unspecified atom stereocenters. The highest BCUT2D eigenvalue weighted by Crippen LogP contribution is 2.24. The van der Waals surface area contributed by atoms with Crippen molar-refractivity contribution in [2.75, 3.05) is 0 Å². The van der Waals surface area contributed by atoms with Gasteiger partial charge in [-0.1, -0.05) is 24.6 Å². The average Bonchev–Trinajstić information content (AvgIpc) is 2.17. The summed E-state index contributed by atoms with van der Waals surface area (Å²) < 4.78 is 0. The highest BCUT2D eigenvalue weighted by Gasteiger charge is 2.02. The Bertz CT molecular complexity index is 477. The number of benzene rings is 1. The van der Waals surface area contributed by atoms with Gasteiger partial charge in [-0.3, -0.25) is 4.98 Å². The van der Waals surface area contributed by atoms with Crippen LogP contribution in [0.2, 0.25) is 5.02 Å². The number of fused-ring (bicyclic) bond motifs is 1. The van der Waals surface area contributed by atoms with Crippen molar-refractivity contribution in [3.8, 4) is 0 Å². The topological polar surface area (TPSA) is 12.9 Å². The molecule has 2 heteroatoms. The Morgan fingerprint density at radius 2 is 2.07 bits per heavy atom. The normalized spacial score (nSPS) is 10.8. The van der Waals surface area contributed by atoms with E-state index in [-0.39, 0.29) is 0 Å². The third-order valence-electron chi connectivity index (χ3n) is 2.36. The van der Waals surface area contributed by atoms with Crippen LogP contribution in [0.1, 0.15) is 18.2 Å². The molecule has 1 nitrogen and oxygen atoms in total. The molecule has 0 bridgehead atoms. The Hall–Kier alpha value is -1.08. The fourth-order valence-electron chi connectivity index (χ4n) is 1.58. The van der Waals surface area contributed by atoms with E-state index in [1.54, 1.807) is 0 Å². The Kier molecular flexibility index (Phi) is 2.42. The summed E-state index contributed by atoms with van der Waals surface area (Å²) in [7, 11) is 0. The second-order valence-electron chi connectivity index (χ2n) is 3.45. The van der Waals surface area contributed by atoms with Crippen molar-refractivity contribution in [2.45, 2.75) is 20.3 Å². The summed E-state index contributed by atoms with van der Waals surface area (Å²) in [6.07, 6.45) is 1.03. The van der Waals surface area contributed by atoms with Gasteiger partial charge in [0.1, 0.15) is 0 Å². The van der Waals surface area contributed by atoms with Crippen LogP contribution in [-0.4, -0.2) is 4.98 Å². The van der Waals surface area contributed by atoms with Crippen LogP contribution in [0.15, 0.2) is 24.3 Å². The van der Waals surface area contributed by atoms with E-state index >= 15 is 0 Å². The van der Waals surface area contributed by atoms with Gasteiger partial charge in [-0.15, -0.1) is 0 Å². The quantitative estimate of drug-likeness (QED) is 0.691. The lowest BCUT2D eigenvalue weighted by Gasteiger charge is -2.03. The van der Waals surface area contributed by atoms with Gasteiger partial charge in [-0.05, 0) is 37.1 Å². The SMILES string of the molecule is CCc1ccc2nc(C)cc(Cl)c2c1. The van der Waals surface area contributed by atoms with Crippen molar-refractivity contribution in [3.05, 3.63) is 40.5 Å². The molecule has 2 aromatic rings. The van der Waals surface area contributed by atoms with Crippen LogP contribution in [0, 0.1) is 6.92 Å². The zero-order chi connectivity index (χ0) is 10.1. The standard InChI is InChI=1S/C12H12ClN/c1-3-9-4-5-12-10(7-9)11(13)6-8(2)14-12/h4-7H,3H2,1-2H3. The van der Waals surface area contributed by atoms with Gasteiger partial charge in [0.2, 0.25) is 0 Å².